The molecule has 6 nitrogen and oxygen atoms in total. The van der Waals surface area contributed by atoms with Crippen LogP contribution < -0.4 is 14.8 Å². The number of para-hydroxylation sites is 1. The number of hydrogen-bond acceptors (Lipinski definition) is 6. The molecule has 6 heteroatoms. The highest BCUT2D eigenvalue weighted by molar-refractivity contribution is 6.15. The molecule has 1 saturated heterocycles. The molecular formula is C16H17NO5. The quantitative estimate of drug-likeness (QED) is 0.516. The third-order valence-corrected chi connectivity index (χ3v) is 3.34. The highest BCUT2D eigenvalue weighted by Gasteiger charge is 2.39. The van der Waals surface area contributed by atoms with Crippen LogP contribution in [0.1, 0.15) is 5.56 Å². The third-order valence-electron chi connectivity index (χ3n) is 3.34. The normalized spacial score (nSPS) is 19.0. The fourth-order valence-corrected chi connectivity index (χ4v) is 2.28. The number of allylic oxidation sites excluding steroid dienone is 1. The van der Waals surface area contributed by atoms with Gasteiger partial charge in [0.05, 0.1) is 27.0 Å². The number of ketones is 1. The highest BCUT2D eigenvalue weighted by atomic mass is 16.5. The molecule has 116 valence electrons. The molecule has 1 heterocycles. The SMILES string of the molecule is C=C1NC(=Cc2cccc(OC)c2OC)C(=O)C1C(=O)OC. The Morgan fingerprint density at radius 2 is 2.00 bits per heavy atom. The predicted octanol–water partition coefficient (Wildman–Crippen LogP) is 1.52. The summed E-state index contributed by atoms with van der Waals surface area (Å²) in [4.78, 5) is 24.0. The smallest absolute Gasteiger partial charge is 0.322 e. The summed E-state index contributed by atoms with van der Waals surface area (Å²) in [6.07, 6.45) is 1.60. The summed E-state index contributed by atoms with van der Waals surface area (Å²) >= 11 is 0. The van der Waals surface area contributed by atoms with E-state index < -0.39 is 11.9 Å². The Morgan fingerprint density at radius 3 is 2.59 bits per heavy atom. The third kappa shape index (κ3) is 2.67. The Labute approximate surface area is 128 Å². The van der Waals surface area contributed by atoms with E-state index in [0.717, 1.165) is 0 Å². The molecule has 1 aliphatic heterocycles. The first-order valence-corrected chi connectivity index (χ1v) is 6.54. The largest absolute Gasteiger partial charge is 0.493 e. The summed E-state index contributed by atoms with van der Waals surface area (Å²) in [5, 5.41) is 2.83. The number of carbonyl (C=O) groups excluding carboxylic acids is 2. The van der Waals surface area contributed by atoms with Crippen molar-refractivity contribution in [3.63, 3.8) is 0 Å². The molecule has 0 radical (unpaired) electrons. The Morgan fingerprint density at radius 1 is 1.27 bits per heavy atom. The minimum atomic E-state index is -1.02. The van der Waals surface area contributed by atoms with Gasteiger partial charge >= 0.3 is 5.97 Å². The lowest BCUT2D eigenvalue weighted by atomic mass is 10.0. The molecule has 0 amide bonds. The maximum absolute atomic E-state index is 12.3. The number of ether oxygens (including phenoxy) is 3. The van der Waals surface area contributed by atoms with Crippen molar-refractivity contribution in [1.82, 2.24) is 5.32 Å². The van der Waals surface area contributed by atoms with E-state index in [1.165, 1.54) is 21.3 Å². The van der Waals surface area contributed by atoms with E-state index in [9.17, 15) is 9.59 Å². The number of nitrogens with one attached hydrogen (secondary N) is 1. The molecule has 22 heavy (non-hydrogen) atoms. The van der Waals surface area contributed by atoms with Crippen LogP contribution in [0.4, 0.5) is 0 Å². The summed E-state index contributed by atoms with van der Waals surface area (Å²) in [7, 11) is 4.28. The number of hydrogen-bond donors (Lipinski definition) is 1. The molecule has 0 aromatic heterocycles. The van der Waals surface area contributed by atoms with Gasteiger partial charge in [0.1, 0.15) is 0 Å². The van der Waals surface area contributed by atoms with Gasteiger partial charge in [-0.25, -0.2) is 0 Å². The van der Waals surface area contributed by atoms with Crippen molar-refractivity contribution in [2.45, 2.75) is 0 Å². The van der Waals surface area contributed by atoms with Gasteiger partial charge in [0.15, 0.2) is 23.2 Å². The molecule has 1 atom stereocenters. The van der Waals surface area contributed by atoms with Gasteiger partial charge in [-0.1, -0.05) is 18.7 Å². The van der Waals surface area contributed by atoms with Gasteiger partial charge in [-0.15, -0.1) is 0 Å². The van der Waals surface area contributed by atoms with Crippen LogP contribution >= 0.6 is 0 Å². The number of rotatable bonds is 4. The van der Waals surface area contributed by atoms with Crippen LogP contribution in [0, 0.1) is 5.92 Å². The van der Waals surface area contributed by atoms with Crippen LogP contribution in [0.15, 0.2) is 36.2 Å². The van der Waals surface area contributed by atoms with Crippen LogP contribution in [-0.4, -0.2) is 33.1 Å². The van der Waals surface area contributed by atoms with Gasteiger partial charge in [-0.3, -0.25) is 9.59 Å². The molecule has 1 aromatic rings. The second-order valence-corrected chi connectivity index (χ2v) is 4.61. The van der Waals surface area contributed by atoms with Gasteiger partial charge in [0, 0.05) is 11.3 Å². The van der Waals surface area contributed by atoms with Crippen LogP contribution in [0.5, 0.6) is 11.5 Å². The lowest BCUT2D eigenvalue weighted by molar-refractivity contribution is -0.146. The van der Waals surface area contributed by atoms with Crippen molar-refractivity contribution in [3.8, 4) is 11.5 Å². The minimum absolute atomic E-state index is 0.256. The van der Waals surface area contributed by atoms with Crippen LogP contribution in [0.2, 0.25) is 0 Å². The van der Waals surface area contributed by atoms with Crippen molar-refractivity contribution in [3.05, 3.63) is 41.7 Å². The molecule has 1 aliphatic rings. The van der Waals surface area contributed by atoms with Gasteiger partial charge in [0.25, 0.3) is 0 Å². The second-order valence-electron chi connectivity index (χ2n) is 4.61. The molecule has 0 saturated carbocycles. The lowest BCUT2D eigenvalue weighted by Gasteiger charge is -2.10. The molecule has 2 rings (SSSR count). The summed E-state index contributed by atoms with van der Waals surface area (Å²) in [5.74, 6) is -0.997. The second kappa shape index (κ2) is 6.34. The van der Waals surface area contributed by atoms with Crippen molar-refractivity contribution < 1.29 is 23.8 Å². The van der Waals surface area contributed by atoms with E-state index in [0.29, 0.717) is 22.8 Å². The standard InChI is InChI=1S/C16H17NO5/c1-9-13(16(19)22-4)14(18)11(17-9)8-10-6-5-7-12(20-2)15(10)21-3/h5-8,13,17H,1H2,2-4H3. The van der Waals surface area contributed by atoms with Gasteiger partial charge < -0.3 is 19.5 Å². The van der Waals surface area contributed by atoms with E-state index in [1.54, 1.807) is 24.3 Å². The molecule has 0 bridgehead atoms. The van der Waals surface area contributed by atoms with Crippen molar-refractivity contribution in [2.75, 3.05) is 21.3 Å². The monoisotopic (exact) mass is 303 g/mol. The van der Waals surface area contributed by atoms with Gasteiger partial charge in [-0.05, 0) is 12.1 Å². The fraction of sp³-hybridized carbons (Fsp3) is 0.250. The predicted molar refractivity (Wildman–Crippen MR) is 80.3 cm³/mol. The van der Waals surface area contributed by atoms with Crippen LogP contribution in [0.25, 0.3) is 6.08 Å². The Bertz CT molecular complexity index is 663. The Hall–Kier alpha value is -2.76. The molecule has 1 aromatic carbocycles. The topological polar surface area (TPSA) is 73.9 Å². The number of Topliss-reactive ketones (excluding diaryl/α,β-unsaturated/α-hetero) is 1. The average Bonchev–Trinajstić information content (AvgIpc) is 2.80. The minimum Gasteiger partial charge on any atom is -0.493 e. The van der Waals surface area contributed by atoms with Gasteiger partial charge in [0.2, 0.25) is 0 Å². The zero-order valence-electron chi connectivity index (χ0n) is 12.6. The van der Waals surface area contributed by atoms with E-state index in [4.69, 9.17) is 9.47 Å². The molecule has 0 spiro atoms. The van der Waals surface area contributed by atoms with Crippen LogP contribution in [-0.2, 0) is 14.3 Å². The maximum Gasteiger partial charge on any atom is 0.322 e. The first-order chi connectivity index (χ1) is 10.5. The number of benzene rings is 1. The number of methoxy groups -OCH3 is 3. The van der Waals surface area contributed by atoms with E-state index in [-0.39, 0.29) is 11.5 Å². The highest BCUT2D eigenvalue weighted by Crippen LogP contribution is 2.33. The van der Waals surface area contributed by atoms with Crippen molar-refractivity contribution in [2.24, 2.45) is 5.92 Å². The maximum atomic E-state index is 12.3. The Kier molecular flexibility index (Phi) is 4.50. The molecule has 1 N–H and O–H groups in total. The Balaban J connectivity index is 2.41. The lowest BCUT2D eigenvalue weighted by Crippen LogP contribution is -2.21. The van der Waals surface area contributed by atoms with E-state index in [1.807, 2.05) is 0 Å². The average molecular weight is 303 g/mol. The summed E-state index contributed by atoms with van der Waals surface area (Å²) in [5.41, 5.74) is 1.20. The van der Waals surface area contributed by atoms with Crippen molar-refractivity contribution in [1.29, 1.82) is 0 Å². The van der Waals surface area contributed by atoms with E-state index in [2.05, 4.69) is 16.6 Å². The molecule has 1 fully saturated rings. The number of carbonyl (C=O) groups is 2. The van der Waals surface area contributed by atoms with Gasteiger partial charge in [-0.2, -0.15) is 0 Å². The first-order valence-electron chi connectivity index (χ1n) is 6.54. The van der Waals surface area contributed by atoms with Crippen molar-refractivity contribution >= 4 is 17.8 Å². The summed E-state index contributed by atoms with van der Waals surface area (Å²) in [6, 6.07) is 5.30. The number of esters is 1. The first kappa shape index (κ1) is 15.6. The van der Waals surface area contributed by atoms with Crippen LogP contribution in [0.3, 0.4) is 0 Å². The zero-order chi connectivity index (χ0) is 16.3. The zero-order valence-corrected chi connectivity index (χ0v) is 12.6. The summed E-state index contributed by atoms with van der Waals surface area (Å²) < 4.78 is 15.1. The molecule has 0 aliphatic carbocycles. The molecule has 1 unspecified atom stereocenters. The summed E-state index contributed by atoms with van der Waals surface area (Å²) in [6.45, 7) is 3.69. The fourth-order valence-electron chi connectivity index (χ4n) is 2.28. The molecular weight excluding hydrogens is 286 g/mol. The van der Waals surface area contributed by atoms with E-state index >= 15 is 0 Å².